The summed E-state index contributed by atoms with van der Waals surface area (Å²) in [5, 5.41) is 9.64. The van der Waals surface area contributed by atoms with Gasteiger partial charge in [0.2, 0.25) is 17.5 Å². The Hall–Kier alpha value is -6.03. The second-order valence-electron chi connectivity index (χ2n) is 10.9. The van der Waals surface area contributed by atoms with Crippen molar-refractivity contribution >= 4 is 51.5 Å². The summed E-state index contributed by atoms with van der Waals surface area (Å²) in [6.07, 6.45) is 2.30. The lowest BCUT2D eigenvalue weighted by Crippen LogP contribution is -2.35. The molecule has 0 saturated heterocycles. The van der Waals surface area contributed by atoms with Crippen molar-refractivity contribution in [1.29, 1.82) is 0 Å². The molecule has 1 saturated carbocycles. The van der Waals surface area contributed by atoms with Crippen LogP contribution in [0.2, 0.25) is 0 Å². The van der Waals surface area contributed by atoms with E-state index >= 15 is 0 Å². The zero-order valence-electron chi connectivity index (χ0n) is 23.9. The number of hydrogen-bond acceptors (Lipinski definition) is 7. The van der Waals surface area contributed by atoms with Gasteiger partial charge in [-0.3, -0.25) is 9.59 Å². The highest BCUT2D eigenvalue weighted by atomic mass is 19.1. The van der Waals surface area contributed by atoms with E-state index in [9.17, 15) is 14.0 Å². The predicted octanol–water partition coefficient (Wildman–Crippen LogP) is 7.38. The molecule has 1 fully saturated rings. The zero-order valence-corrected chi connectivity index (χ0v) is 23.9. The number of hydrogen-bond donors (Lipinski definition) is 4. The Balaban J connectivity index is 1.14. The average Bonchev–Trinajstić information content (AvgIpc) is 3.78. The van der Waals surface area contributed by atoms with Gasteiger partial charge in [0.25, 0.3) is 0 Å². The van der Waals surface area contributed by atoms with E-state index in [4.69, 9.17) is 10.2 Å². The number of nitrogens with one attached hydrogen (secondary N) is 3. The van der Waals surface area contributed by atoms with Crippen LogP contribution in [0.5, 0.6) is 0 Å². The van der Waals surface area contributed by atoms with E-state index in [1.165, 1.54) is 30.6 Å². The number of anilines is 5. The molecule has 10 heteroatoms. The number of fused-ring (bicyclic) bond motifs is 1. The van der Waals surface area contributed by atoms with Crippen molar-refractivity contribution in [1.82, 2.24) is 9.97 Å². The number of benzene rings is 4. The fourth-order valence-electron chi connectivity index (χ4n) is 5.28. The van der Waals surface area contributed by atoms with Crippen LogP contribution in [-0.2, 0) is 9.59 Å². The Labute approximate surface area is 257 Å². The van der Waals surface area contributed by atoms with Crippen LogP contribution in [0, 0.1) is 11.2 Å². The van der Waals surface area contributed by atoms with Gasteiger partial charge in [-0.2, -0.15) is 0 Å². The van der Waals surface area contributed by atoms with E-state index in [2.05, 4.69) is 25.9 Å². The minimum Gasteiger partial charge on any atom is -0.437 e. The number of carbonyl (C=O) groups is 2. The van der Waals surface area contributed by atoms with Crippen LogP contribution in [0.1, 0.15) is 12.8 Å². The maximum atomic E-state index is 13.2. The summed E-state index contributed by atoms with van der Waals surface area (Å²) >= 11 is 0. The molecule has 7 rings (SSSR count). The van der Waals surface area contributed by atoms with Crippen molar-refractivity contribution in [3.63, 3.8) is 0 Å². The Morgan fingerprint density at radius 3 is 2.02 bits per heavy atom. The number of amides is 2. The molecule has 5 N–H and O–H groups in total. The van der Waals surface area contributed by atoms with Gasteiger partial charge in [0, 0.05) is 33.9 Å². The summed E-state index contributed by atoms with van der Waals surface area (Å²) in [6, 6.07) is 29.9. The van der Waals surface area contributed by atoms with Gasteiger partial charge >= 0.3 is 0 Å². The topological polar surface area (TPSA) is 135 Å². The van der Waals surface area contributed by atoms with Crippen molar-refractivity contribution in [2.24, 2.45) is 5.41 Å². The van der Waals surface area contributed by atoms with Crippen molar-refractivity contribution in [3.05, 3.63) is 115 Å². The van der Waals surface area contributed by atoms with Crippen molar-refractivity contribution < 1.29 is 18.4 Å². The first-order valence-electron chi connectivity index (χ1n) is 14.3. The van der Waals surface area contributed by atoms with Crippen LogP contribution in [0.4, 0.5) is 33.0 Å². The Bertz CT molecular complexity index is 2040. The lowest BCUT2D eigenvalue weighted by Gasteiger charge is -2.16. The van der Waals surface area contributed by atoms with Gasteiger partial charge in [0.05, 0.1) is 5.39 Å². The molecule has 0 atom stereocenters. The minimum absolute atomic E-state index is 0.390. The molecule has 4 aromatic carbocycles. The van der Waals surface area contributed by atoms with E-state index in [-0.39, 0.29) is 5.91 Å². The molecule has 2 heterocycles. The number of rotatable bonds is 8. The molecule has 0 unspecified atom stereocenters. The van der Waals surface area contributed by atoms with Crippen LogP contribution < -0.4 is 21.7 Å². The largest absolute Gasteiger partial charge is 0.437 e. The summed E-state index contributed by atoms with van der Waals surface area (Å²) in [5.74, 6) is -0.0233. The number of nitrogens with two attached hydrogens (primary N) is 1. The number of halogens is 1. The normalized spacial score (nSPS) is 13.3. The third-order valence-corrected chi connectivity index (χ3v) is 7.83. The van der Waals surface area contributed by atoms with E-state index in [0.717, 1.165) is 16.7 Å². The fourth-order valence-corrected chi connectivity index (χ4v) is 5.28. The Morgan fingerprint density at radius 2 is 1.38 bits per heavy atom. The zero-order chi connectivity index (χ0) is 31.0. The first-order valence-corrected chi connectivity index (χ1v) is 14.3. The quantitative estimate of drug-likeness (QED) is 0.106. The molecule has 0 spiro atoms. The van der Waals surface area contributed by atoms with Crippen molar-refractivity contribution in [2.75, 3.05) is 21.7 Å². The van der Waals surface area contributed by atoms with Crippen LogP contribution in [0.3, 0.4) is 0 Å². The summed E-state index contributed by atoms with van der Waals surface area (Å²) in [6.45, 7) is 0. The fraction of sp³-hybridized carbons (Fsp3) is 0.0857. The summed E-state index contributed by atoms with van der Waals surface area (Å²) < 4.78 is 19.5. The number of nitrogen functional groups attached to an aromatic ring is 1. The van der Waals surface area contributed by atoms with Gasteiger partial charge in [-0.25, -0.2) is 14.4 Å². The maximum Gasteiger partial charge on any atom is 0.240 e. The van der Waals surface area contributed by atoms with Crippen LogP contribution >= 0.6 is 0 Å². The summed E-state index contributed by atoms with van der Waals surface area (Å²) in [5.41, 5.74) is 10.3. The molecule has 0 aliphatic heterocycles. The third kappa shape index (κ3) is 5.45. The number of carbonyl (C=O) groups excluding carboxylic acids is 2. The molecule has 6 aromatic rings. The maximum absolute atomic E-state index is 13.2. The molecule has 0 radical (unpaired) electrons. The molecular formula is C35H27FN6O3. The van der Waals surface area contributed by atoms with Crippen molar-refractivity contribution in [3.8, 4) is 22.5 Å². The molecule has 2 amide bonds. The lowest BCUT2D eigenvalue weighted by molar-refractivity contribution is -0.131. The molecular weight excluding hydrogens is 571 g/mol. The molecule has 0 bridgehead atoms. The molecule has 1 aliphatic rings. The van der Waals surface area contributed by atoms with Gasteiger partial charge in [-0.05, 0) is 79.1 Å². The van der Waals surface area contributed by atoms with E-state index < -0.39 is 17.1 Å². The first-order chi connectivity index (χ1) is 21.9. The highest BCUT2D eigenvalue weighted by Crippen LogP contribution is 2.48. The monoisotopic (exact) mass is 598 g/mol. The Morgan fingerprint density at radius 1 is 0.756 bits per heavy atom. The van der Waals surface area contributed by atoms with Crippen LogP contribution in [-0.4, -0.2) is 21.8 Å². The van der Waals surface area contributed by atoms with Crippen LogP contribution in [0.25, 0.3) is 33.6 Å². The second kappa shape index (κ2) is 11.2. The predicted molar refractivity (Wildman–Crippen MR) is 172 cm³/mol. The molecule has 45 heavy (non-hydrogen) atoms. The smallest absolute Gasteiger partial charge is 0.240 e. The van der Waals surface area contributed by atoms with Gasteiger partial charge in [0.1, 0.15) is 29.1 Å². The van der Waals surface area contributed by atoms with E-state index in [1.54, 1.807) is 24.3 Å². The summed E-state index contributed by atoms with van der Waals surface area (Å²) in [4.78, 5) is 35.0. The van der Waals surface area contributed by atoms with E-state index in [0.29, 0.717) is 58.3 Å². The average molecular weight is 599 g/mol. The highest BCUT2D eigenvalue weighted by molar-refractivity contribution is 6.17. The standard InChI is InChI=1S/C35H27FN6O3/c36-23-9-11-26(12-10-23)41-33(43)35(17-18-35)34(44)42-27-15-13-25(14-16-27)40-31-29-28(22-7-4-8-24(37)19-22)30(21-5-2-1-3-6-21)45-32(29)39-20-38-31/h1-16,19-20H,17-18,37H2,(H,41,43)(H,42,44)(H,38,39,40). The SMILES string of the molecule is Nc1cccc(-c2c(-c3ccccc3)oc3ncnc(Nc4ccc(NC(=O)C5(C(=O)Nc6ccc(F)cc6)CC5)cc4)c23)c1. The van der Waals surface area contributed by atoms with Gasteiger partial charge in [0.15, 0.2) is 0 Å². The van der Waals surface area contributed by atoms with Crippen molar-refractivity contribution in [2.45, 2.75) is 12.8 Å². The highest BCUT2D eigenvalue weighted by Gasteiger charge is 2.56. The lowest BCUT2D eigenvalue weighted by atomic mass is 9.99. The van der Waals surface area contributed by atoms with Gasteiger partial charge in [-0.1, -0.05) is 42.5 Å². The van der Waals surface area contributed by atoms with Gasteiger partial charge in [-0.15, -0.1) is 0 Å². The van der Waals surface area contributed by atoms with Gasteiger partial charge < -0.3 is 26.1 Å². The number of nitrogens with zero attached hydrogens (tertiary/aromatic N) is 2. The third-order valence-electron chi connectivity index (χ3n) is 7.83. The van der Waals surface area contributed by atoms with Crippen LogP contribution in [0.15, 0.2) is 114 Å². The molecule has 9 nitrogen and oxygen atoms in total. The second-order valence-corrected chi connectivity index (χ2v) is 10.9. The molecule has 222 valence electrons. The number of aromatic nitrogens is 2. The Kier molecular flexibility index (Phi) is 6.94. The summed E-state index contributed by atoms with van der Waals surface area (Å²) in [7, 11) is 0. The molecule has 1 aliphatic carbocycles. The minimum atomic E-state index is -1.16. The first kappa shape index (κ1) is 27.8. The van der Waals surface area contributed by atoms with E-state index in [1.807, 2.05) is 54.6 Å². The number of furan rings is 1. The molecule has 2 aromatic heterocycles.